The number of ether oxygens (including phenoxy) is 3. The van der Waals surface area contributed by atoms with E-state index in [1.165, 1.54) is 0 Å². The van der Waals surface area contributed by atoms with Gasteiger partial charge >= 0.3 is 55.1 Å². The number of alkyl halides is 15. The van der Waals surface area contributed by atoms with Crippen LogP contribution in [0, 0.1) is 5.41 Å². The summed E-state index contributed by atoms with van der Waals surface area (Å²) >= 11 is 0. The Kier molecular flexibility index (Phi) is 17.4. The van der Waals surface area contributed by atoms with Gasteiger partial charge in [0.05, 0.1) is 0 Å². The fourth-order valence-electron chi connectivity index (χ4n) is 6.94. The Hall–Kier alpha value is -3.77. The Morgan fingerprint density at radius 2 is 0.864 bits per heavy atom. The molecule has 1 aliphatic carbocycles. The van der Waals surface area contributed by atoms with E-state index in [1.807, 2.05) is 0 Å². The third-order valence-corrected chi connectivity index (χ3v) is 9.78. The molecule has 0 atom stereocenters. The zero-order valence-electron chi connectivity index (χ0n) is 31.1. The van der Waals surface area contributed by atoms with Crippen molar-refractivity contribution >= 4 is 24.2 Å². The Labute approximate surface area is 328 Å². The molecule has 0 unspecified atom stereocenters. The van der Waals surface area contributed by atoms with Gasteiger partial charge in [-0.05, 0) is 77.6 Å². The molecule has 3 amide bonds. The van der Waals surface area contributed by atoms with Gasteiger partial charge in [0.25, 0.3) is 12.2 Å². The Balaban J connectivity index is 0.000000512. The van der Waals surface area contributed by atoms with Crippen molar-refractivity contribution in [1.82, 2.24) is 14.7 Å². The van der Waals surface area contributed by atoms with Gasteiger partial charge < -0.3 is 34.0 Å². The predicted molar refractivity (Wildman–Crippen MR) is 173 cm³/mol. The molecule has 2 spiro atoms. The summed E-state index contributed by atoms with van der Waals surface area (Å²) < 4.78 is 194. The summed E-state index contributed by atoms with van der Waals surface area (Å²) in [6.07, 6.45) is -32.9. The molecule has 3 aliphatic heterocycles. The minimum atomic E-state index is -5.76. The quantitative estimate of drug-likeness (QED) is 0.215. The average molecular weight is 898 g/mol. The second-order valence-corrected chi connectivity index (χ2v) is 15.1. The van der Waals surface area contributed by atoms with Crippen LogP contribution in [0.1, 0.15) is 92.4 Å². The standard InChI is InChI=1S/C17H24F6N2O4.C13H17F6NO2.C2HF3O2.CH4/c1-14(2,3)29-13(27)25-8-4-5-15(25)6-9-24(10-7-15)12(26)28-11(16(18,19)20)17(21,22)23;14-12(15,16)9(13(17,18)19)22-10(21)20-7-5-11(6-8-20)3-1-2-4-11;3-2(4,5)1(6)7;/h11H,4-10H2,1-3H3;9H,1-8H2;(H,6,7);1H4. The molecule has 346 valence electrons. The summed E-state index contributed by atoms with van der Waals surface area (Å²) in [4.78, 5) is 48.2. The number of likely N-dealkylation sites (tertiary alicyclic amines) is 3. The fourth-order valence-corrected chi connectivity index (χ4v) is 6.94. The van der Waals surface area contributed by atoms with Crippen molar-refractivity contribution in [1.29, 1.82) is 0 Å². The van der Waals surface area contributed by atoms with E-state index >= 15 is 0 Å². The number of carboxylic acid groups (broad SMARTS) is 1. The number of halogens is 15. The minimum Gasteiger partial charge on any atom is -0.475 e. The molecule has 0 bridgehead atoms. The van der Waals surface area contributed by atoms with Gasteiger partial charge in [0.1, 0.15) is 5.60 Å². The number of carboxylic acids is 1. The Morgan fingerprint density at radius 1 is 0.525 bits per heavy atom. The second-order valence-electron chi connectivity index (χ2n) is 15.1. The molecule has 26 heteroatoms. The van der Waals surface area contributed by atoms with Crippen molar-refractivity contribution in [3.8, 4) is 0 Å². The van der Waals surface area contributed by atoms with E-state index in [1.54, 1.807) is 25.7 Å². The summed E-state index contributed by atoms with van der Waals surface area (Å²) in [5.74, 6) is -2.76. The molecule has 4 aliphatic rings. The van der Waals surface area contributed by atoms with Crippen LogP contribution in [0.2, 0.25) is 0 Å². The van der Waals surface area contributed by atoms with Crippen molar-refractivity contribution in [2.75, 3.05) is 32.7 Å². The Morgan fingerprint density at radius 3 is 1.17 bits per heavy atom. The molecule has 0 aromatic carbocycles. The number of hydrogen-bond donors (Lipinski definition) is 1. The number of carbonyl (C=O) groups is 4. The molecule has 0 radical (unpaired) electrons. The molecule has 0 aromatic rings. The molecule has 1 N–H and O–H groups in total. The minimum absolute atomic E-state index is 0. The van der Waals surface area contributed by atoms with Crippen molar-refractivity contribution < 1.29 is 104 Å². The SMILES string of the molecule is C.CC(C)(C)OC(=O)N1CCCC12CCN(C(=O)OC(C(F)(F)F)C(F)(F)F)CC2.O=C(O)C(F)(F)F.O=C(OC(C(F)(F)F)C(F)(F)F)N1CCC2(CCCC2)CC1. The highest BCUT2D eigenvalue weighted by Gasteiger charge is 2.61. The van der Waals surface area contributed by atoms with Crippen LogP contribution >= 0.6 is 0 Å². The van der Waals surface area contributed by atoms with E-state index < -0.39 is 78.5 Å². The molecule has 1 saturated carbocycles. The van der Waals surface area contributed by atoms with E-state index in [9.17, 15) is 80.2 Å². The summed E-state index contributed by atoms with van der Waals surface area (Å²) in [5, 5.41) is 7.12. The van der Waals surface area contributed by atoms with E-state index in [0.717, 1.165) is 35.5 Å². The Bertz CT molecular complexity index is 1370. The van der Waals surface area contributed by atoms with Crippen LogP contribution in [0.5, 0.6) is 0 Å². The third kappa shape index (κ3) is 15.6. The van der Waals surface area contributed by atoms with Crippen LogP contribution in [-0.2, 0) is 19.0 Å². The maximum atomic E-state index is 12.6. The molecular formula is C33H46F15N3O8. The summed E-state index contributed by atoms with van der Waals surface area (Å²) in [7, 11) is 0. The maximum Gasteiger partial charge on any atom is 0.490 e. The average Bonchev–Trinajstić information content (AvgIpc) is 3.67. The number of nitrogens with zero attached hydrogens (tertiary/aromatic N) is 3. The van der Waals surface area contributed by atoms with Crippen LogP contribution in [0.4, 0.5) is 80.2 Å². The molecule has 3 saturated heterocycles. The number of aliphatic carboxylic acids is 1. The third-order valence-electron chi connectivity index (χ3n) is 9.78. The lowest BCUT2D eigenvalue weighted by Gasteiger charge is -2.44. The first-order valence-corrected chi connectivity index (χ1v) is 17.5. The molecule has 4 fully saturated rings. The zero-order chi connectivity index (χ0) is 44.9. The van der Waals surface area contributed by atoms with Crippen molar-refractivity contribution in [2.24, 2.45) is 5.41 Å². The molecule has 11 nitrogen and oxygen atoms in total. The van der Waals surface area contributed by atoms with Gasteiger partial charge in [-0.3, -0.25) is 0 Å². The van der Waals surface area contributed by atoms with E-state index in [4.69, 9.17) is 14.6 Å². The lowest BCUT2D eigenvalue weighted by atomic mass is 9.77. The van der Waals surface area contributed by atoms with Gasteiger partial charge in [0.2, 0.25) is 0 Å². The highest BCUT2D eigenvalue weighted by Crippen LogP contribution is 2.47. The van der Waals surface area contributed by atoms with Crippen LogP contribution < -0.4 is 0 Å². The van der Waals surface area contributed by atoms with Gasteiger partial charge in [0, 0.05) is 38.3 Å². The summed E-state index contributed by atoms with van der Waals surface area (Å²) in [6, 6.07) is 0. The second kappa shape index (κ2) is 19.3. The number of carbonyl (C=O) groups excluding carboxylic acids is 3. The zero-order valence-corrected chi connectivity index (χ0v) is 31.1. The largest absolute Gasteiger partial charge is 0.490 e. The van der Waals surface area contributed by atoms with Crippen molar-refractivity contribution in [2.45, 2.75) is 147 Å². The smallest absolute Gasteiger partial charge is 0.475 e. The van der Waals surface area contributed by atoms with Crippen molar-refractivity contribution in [3.63, 3.8) is 0 Å². The van der Waals surface area contributed by atoms with Gasteiger partial charge in [-0.2, -0.15) is 65.9 Å². The number of amides is 3. The van der Waals surface area contributed by atoms with E-state index in [2.05, 4.69) is 9.47 Å². The summed E-state index contributed by atoms with van der Waals surface area (Å²) in [6.45, 7) is 5.60. The summed E-state index contributed by atoms with van der Waals surface area (Å²) in [5.41, 5.74) is -1.24. The lowest BCUT2D eigenvalue weighted by molar-refractivity contribution is -0.309. The highest BCUT2D eigenvalue weighted by atomic mass is 19.4. The topological polar surface area (TPSA) is 126 Å². The van der Waals surface area contributed by atoms with Crippen molar-refractivity contribution in [3.05, 3.63) is 0 Å². The van der Waals surface area contributed by atoms with Gasteiger partial charge in [-0.1, -0.05) is 20.3 Å². The number of piperidine rings is 2. The van der Waals surface area contributed by atoms with Crippen LogP contribution in [0.15, 0.2) is 0 Å². The van der Waals surface area contributed by atoms with Crippen LogP contribution in [-0.4, -0.2) is 131 Å². The fraction of sp³-hybridized carbons (Fsp3) is 0.879. The molecule has 4 rings (SSSR count). The van der Waals surface area contributed by atoms with E-state index in [-0.39, 0.29) is 51.9 Å². The maximum absolute atomic E-state index is 12.6. The predicted octanol–water partition coefficient (Wildman–Crippen LogP) is 10.0. The first-order valence-electron chi connectivity index (χ1n) is 17.5. The first kappa shape index (κ1) is 53.2. The number of hydrogen-bond acceptors (Lipinski definition) is 7. The number of rotatable bonds is 2. The van der Waals surface area contributed by atoms with Gasteiger partial charge in [0.15, 0.2) is 0 Å². The lowest BCUT2D eigenvalue weighted by Crippen LogP contribution is -2.56. The molecule has 59 heavy (non-hydrogen) atoms. The highest BCUT2D eigenvalue weighted by molar-refractivity contribution is 5.73. The van der Waals surface area contributed by atoms with Crippen LogP contribution in [0.3, 0.4) is 0 Å². The van der Waals surface area contributed by atoms with E-state index in [0.29, 0.717) is 32.2 Å². The monoisotopic (exact) mass is 897 g/mol. The van der Waals surface area contributed by atoms with Gasteiger partial charge in [-0.25, -0.2) is 19.2 Å². The molecule has 3 heterocycles. The molecule has 0 aromatic heterocycles. The van der Waals surface area contributed by atoms with Gasteiger partial charge in [-0.15, -0.1) is 0 Å². The normalized spacial score (nSPS) is 19.7. The van der Waals surface area contributed by atoms with Crippen LogP contribution in [0.25, 0.3) is 0 Å². The first-order chi connectivity index (χ1) is 26.0. The molecular weight excluding hydrogens is 851 g/mol.